The fraction of sp³-hybridized carbons (Fsp3) is 0.0909. The fourth-order valence-corrected chi connectivity index (χ4v) is 2.68. The number of ether oxygens (including phenoxy) is 1. The van der Waals surface area contributed by atoms with Crippen molar-refractivity contribution in [3.63, 3.8) is 0 Å². The van der Waals surface area contributed by atoms with Gasteiger partial charge in [-0.3, -0.25) is 9.59 Å². The predicted molar refractivity (Wildman–Crippen MR) is 109 cm³/mol. The Morgan fingerprint density at radius 1 is 1.18 bits per heavy atom. The minimum absolute atomic E-state index is 0.288. The smallest absolute Gasteiger partial charge is 0.253 e. The van der Waals surface area contributed by atoms with Crippen molar-refractivity contribution in [2.75, 3.05) is 19.0 Å². The second-order valence-electron chi connectivity index (χ2n) is 5.89. The van der Waals surface area contributed by atoms with E-state index in [-0.39, 0.29) is 11.8 Å². The Hall–Kier alpha value is -3.80. The van der Waals surface area contributed by atoms with Gasteiger partial charge < -0.3 is 19.8 Å². The first-order chi connectivity index (χ1) is 13.6. The zero-order valence-corrected chi connectivity index (χ0v) is 15.4. The zero-order chi connectivity index (χ0) is 19.9. The summed E-state index contributed by atoms with van der Waals surface area (Å²) >= 11 is 0. The summed E-state index contributed by atoms with van der Waals surface area (Å²) in [5.41, 5.74) is 1.42. The summed E-state index contributed by atoms with van der Waals surface area (Å²) in [6.07, 6.45) is 4.50. The van der Waals surface area contributed by atoms with E-state index in [1.54, 1.807) is 49.6 Å². The Morgan fingerprint density at radius 3 is 2.79 bits per heavy atom. The largest absolute Gasteiger partial charge is 0.493 e. The van der Waals surface area contributed by atoms with Gasteiger partial charge in [0.25, 0.3) is 5.91 Å². The molecule has 2 N–H and O–H groups in total. The van der Waals surface area contributed by atoms with Crippen molar-refractivity contribution in [3.8, 4) is 5.75 Å². The molecule has 0 aliphatic carbocycles. The first-order valence-electron chi connectivity index (χ1n) is 8.66. The van der Waals surface area contributed by atoms with Gasteiger partial charge in [0.2, 0.25) is 5.91 Å². The number of rotatable bonds is 7. The minimum atomic E-state index is -0.378. The molecule has 0 spiro atoms. The zero-order valence-electron chi connectivity index (χ0n) is 15.4. The number of anilines is 1. The first-order valence-corrected chi connectivity index (χ1v) is 8.66. The van der Waals surface area contributed by atoms with Crippen molar-refractivity contribution in [2.45, 2.75) is 0 Å². The molecule has 0 bridgehead atoms. The number of carbonyl (C=O) groups is 2. The highest BCUT2D eigenvalue weighted by atomic mass is 16.5. The van der Waals surface area contributed by atoms with E-state index in [9.17, 15) is 9.59 Å². The average Bonchev–Trinajstić information content (AvgIpc) is 3.14. The maximum absolute atomic E-state index is 12.3. The van der Waals surface area contributed by atoms with Gasteiger partial charge in [-0.05, 0) is 30.3 Å². The molecule has 0 saturated carbocycles. The van der Waals surface area contributed by atoms with Gasteiger partial charge in [-0.25, -0.2) is 0 Å². The Balaban J connectivity index is 1.74. The normalized spacial score (nSPS) is 10.8. The summed E-state index contributed by atoms with van der Waals surface area (Å²) in [5, 5.41) is 6.29. The van der Waals surface area contributed by atoms with Crippen LogP contribution in [0.4, 0.5) is 5.69 Å². The van der Waals surface area contributed by atoms with Crippen LogP contribution in [0.25, 0.3) is 17.0 Å². The van der Waals surface area contributed by atoms with Gasteiger partial charge in [-0.15, -0.1) is 6.58 Å². The van der Waals surface area contributed by atoms with Crippen molar-refractivity contribution in [1.29, 1.82) is 0 Å². The molecular weight excluding hydrogens is 356 g/mol. The molecule has 0 radical (unpaired) electrons. The lowest BCUT2D eigenvalue weighted by atomic mass is 10.1. The lowest BCUT2D eigenvalue weighted by Crippen LogP contribution is -2.24. The Morgan fingerprint density at radius 2 is 2.00 bits per heavy atom. The van der Waals surface area contributed by atoms with Crippen molar-refractivity contribution in [2.24, 2.45) is 0 Å². The van der Waals surface area contributed by atoms with E-state index in [2.05, 4.69) is 17.2 Å². The molecule has 0 saturated heterocycles. The number of carbonyl (C=O) groups excluding carboxylic acids is 2. The number of hydrogen-bond donors (Lipinski definition) is 2. The summed E-state index contributed by atoms with van der Waals surface area (Å²) in [7, 11) is 1.57. The first kappa shape index (κ1) is 19.0. The third-order valence-corrected chi connectivity index (χ3v) is 3.98. The molecule has 6 nitrogen and oxygen atoms in total. The standard InChI is InChI=1S/C22H20N2O4/c1-3-13-23-22(26)17-8-4-5-9-18(17)24-20(25)12-11-16-14-15-7-6-10-19(27-2)21(15)28-16/h3-12,14H,1,13H2,2H3,(H,23,26)(H,24,25)/b12-11+. The number of methoxy groups -OCH3 is 1. The number of furan rings is 1. The van der Waals surface area contributed by atoms with E-state index >= 15 is 0 Å². The molecular formula is C22H20N2O4. The highest BCUT2D eigenvalue weighted by Gasteiger charge is 2.12. The highest BCUT2D eigenvalue weighted by Crippen LogP contribution is 2.28. The number of benzene rings is 2. The van der Waals surface area contributed by atoms with Gasteiger partial charge in [0.05, 0.1) is 18.4 Å². The van der Waals surface area contributed by atoms with Crippen LogP contribution in [-0.2, 0) is 4.79 Å². The molecule has 2 amide bonds. The Labute approximate surface area is 162 Å². The van der Waals surface area contributed by atoms with Crippen LogP contribution in [0.1, 0.15) is 16.1 Å². The van der Waals surface area contributed by atoms with E-state index in [1.807, 2.05) is 18.2 Å². The minimum Gasteiger partial charge on any atom is -0.493 e. The van der Waals surface area contributed by atoms with E-state index < -0.39 is 0 Å². The van der Waals surface area contributed by atoms with Crippen molar-refractivity contribution < 1.29 is 18.7 Å². The van der Waals surface area contributed by atoms with Crippen LogP contribution in [0.15, 0.2) is 71.7 Å². The van der Waals surface area contributed by atoms with Crippen molar-refractivity contribution in [3.05, 3.63) is 78.6 Å². The summed E-state index contributed by atoms with van der Waals surface area (Å²) in [6.45, 7) is 3.91. The predicted octanol–water partition coefficient (Wildman–Crippen LogP) is 4.01. The molecule has 3 aromatic rings. The summed E-state index contributed by atoms with van der Waals surface area (Å²) in [5.74, 6) is 0.480. The Bertz CT molecular complexity index is 1050. The van der Waals surface area contributed by atoms with Crippen LogP contribution in [0.5, 0.6) is 5.75 Å². The van der Waals surface area contributed by atoms with Crippen molar-refractivity contribution >= 4 is 34.5 Å². The SMILES string of the molecule is C=CCNC(=O)c1ccccc1NC(=O)/C=C/c1cc2cccc(OC)c2o1. The van der Waals surface area contributed by atoms with Gasteiger partial charge in [0.1, 0.15) is 5.76 Å². The summed E-state index contributed by atoms with van der Waals surface area (Å²) in [4.78, 5) is 24.5. The molecule has 2 aromatic carbocycles. The van der Waals surface area contributed by atoms with Crippen LogP contribution in [0, 0.1) is 0 Å². The van der Waals surface area contributed by atoms with E-state index in [0.717, 1.165) is 5.39 Å². The molecule has 0 aliphatic heterocycles. The molecule has 3 rings (SSSR count). The van der Waals surface area contributed by atoms with Crippen LogP contribution in [-0.4, -0.2) is 25.5 Å². The molecule has 1 heterocycles. The average molecular weight is 376 g/mol. The fourth-order valence-electron chi connectivity index (χ4n) is 2.68. The van der Waals surface area contributed by atoms with Gasteiger partial charge in [-0.2, -0.15) is 0 Å². The maximum Gasteiger partial charge on any atom is 0.253 e. The number of para-hydroxylation sites is 2. The molecule has 6 heteroatoms. The third kappa shape index (κ3) is 4.29. The van der Waals surface area contributed by atoms with E-state index in [4.69, 9.17) is 9.15 Å². The Kier molecular flexibility index (Phi) is 5.91. The monoisotopic (exact) mass is 376 g/mol. The second-order valence-corrected chi connectivity index (χ2v) is 5.89. The molecule has 28 heavy (non-hydrogen) atoms. The number of nitrogens with one attached hydrogen (secondary N) is 2. The lowest BCUT2D eigenvalue weighted by Gasteiger charge is -2.09. The molecule has 142 valence electrons. The quantitative estimate of drug-likeness (QED) is 0.482. The van der Waals surface area contributed by atoms with E-state index in [1.165, 1.54) is 6.08 Å². The molecule has 0 atom stereocenters. The number of amides is 2. The van der Waals surface area contributed by atoms with Crippen LogP contribution in [0.2, 0.25) is 0 Å². The second kappa shape index (κ2) is 8.73. The molecule has 0 aliphatic rings. The van der Waals surface area contributed by atoms with Gasteiger partial charge >= 0.3 is 0 Å². The van der Waals surface area contributed by atoms with Crippen LogP contribution >= 0.6 is 0 Å². The highest BCUT2D eigenvalue weighted by molar-refractivity contribution is 6.07. The topological polar surface area (TPSA) is 80.6 Å². The summed E-state index contributed by atoms with van der Waals surface area (Å²) < 4.78 is 11.0. The maximum atomic E-state index is 12.3. The van der Waals surface area contributed by atoms with Crippen molar-refractivity contribution in [1.82, 2.24) is 5.32 Å². The van der Waals surface area contributed by atoms with Crippen LogP contribution in [0.3, 0.4) is 0 Å². The van der Waals surface area contributed by atoms with E-state index in [0.29, 0.717) is 34.9 Å². The van der Waals surface area contributed by atoms with Gasteiger partial charge in [-0.1, -0.05) is 30.3 Å². The summed E-state index contributed by atoms with van der Waals surface area (Å²) in [6, 6.07) is 14.2. The molecule has 1 aromatic heterocycles. The number of hydrogen-bond acceptors (Lipinski definition) is 4. The lowest BCUT2D eigenvalue weighted by molar-refractivity contribution is -0.111. The molecule has 0 unspecified atom stereocenters. The van der Waals surface area contributed by atoms with Gasteiger partial charge in [0, 0.05) is 18.0 Å². The van der Waals surface area contributed by atoms with Crippen LogP contribution < -0.4 is 15.4 Å². The number of fused-ring (bicyclic) bond motifs is 1. The third-order valence-electron chi connectivity index (χ3n) is 3.98. The van der Waals surface area contributed by atoms with Gasteiger partial charge in [0.15, 0.2) is 11.3 Å². The molecule has 0 fully saturated rings.